The van der Waals surface area contributed by atoms with Crippen molar-refractivity contribution < 1.29 is 4.79 Å². The number of urea groups is 1. The van der Waals surface area contributed by atoms with Crippen LogP contribution in [0.5, 0.6) is 0 Å². The van der Waals surface area contributed by atoms with Crippen molar-refractivity contribution >= 4 is 6.03 Å². The zero-order valence-corrected chi connectivity index (χ0v) is 11.3. The Morgan fingerprint density at radius 2 is 1.88 bits per heavy atom. The molecule has 0 radical (unpaired) electrons. The average Bonchev–Trinajstić information content (AvgIpc) is 2.53. The van der Waals surface area contributed by atoms with Crippen molar-refractivity contribution in [1.82, 2.24) is 15.1 Å². The number of amides is 2. The lowest BCUT2D eigenvalue weighted by Gasteiger charge is -2.29. The molecule has 0 aromatic heterocycles. The summed E-state index contributed by atoms with van der Waals surface area (Å²) in [6.07, 6.45) is 3.65. The lowest BCUT2D eigenvalue weighted by molar-refractivity contribution is 0.180. The van der Waals surface area contributed by atoms with E-state index in [4.69, 9.17) is 0 Å². The third kappa shape index (κ3) is 3.35. The third-order valence-electron chi connectivity index (χ3n) is 3.57. The number of hydrogen-bond acceptors (Lipinski definition) is 2. The van der Waals surface area contributed by atoms with Crippen LogP contribution < -0.4 is 5.32 Å². The Morgan fingerprint density at radius 1 is 1.18 bits per heavy atom. The smallest absolute Gasteiger partial charge is 0.317 e. The SMILES string of the molecule is CC(C)(C)NC(=O)N1CCCN2CCCC2C1. The molecule has 2 amide bonds. The van der Waals surface area contributed by atoms with Gasteiger partial charge in [-0.15, -0.1) is 0 Å². The maximum atomic E-state index is 12.2. The topological polar surface area (TPSA) is 35.6 Å². The van der Waals surface area contributed by atoms with Crippen LogP contribution in [0.1, 0.15) is 40.0 Å². The van der Waals surface area contributed by atoms with E-state index in [1.807, 2.05) is 25.7 Å². The van der Waals surface area contributed by atoms with E-state index in [0.717, 1.165) is 26.1 Å². The Morgan fingerprint density at radius 3 is 2.59 bits per heavy atom. The Hall–Kier alpha value is -0.770. The van der Waals surface area contributed by atoms with Crippen LogP contribution in [0.2, 0.25) is 0 Å². The number of fused-ring (bicyclic) bond motifs is 1. The van der Waals surface area contributed by atoms with E-state index < -0.39 is 0 Å². The Bertz CT molecular complexity index is 285. The van der Waals surface area contributed by atoms with Crippen LogP contribution in [0.4, 0.5) is 4.79 Å². The monoisotopic (exact) mass is 239 g/mol. The largest absolute Gasteiger partial charge is 0.333 e. The normalized spacial score (nSPS) is 26.5. The molecule has 0 spiro atoms. The van der Waals surface area contributed by atoms with Gasteiger partial charge in [-0.2, -0.15) is 0 Å². The van der Waals surface area contributed by atoms with Gasteiger partial charge in [0.1, 0.15) is 0 Å². The van der Waals surface area contributed by atoms with E-state index >= 15 is 0 Å². The number of nitrogens with zero attached hydrogens (tertiary/aromatic N) is 2. The second-order valence-electron chi connectivity index (χ2n) is 6.31. The molecule has 2 saturated heterocycles. The summed E-state index contributed by atoms with van der Waals surface area (Å²) in [5, 5.41) is 3.06. The molecular weight excluding hydrogens is 214 g/mol. The first kappa shape index (κ1) is 12.7. The third-order valence-corrected chi connectivity index (χ3v) is 3.57. The average molecular weight is 239 g/mol. The molecule has 2 aliphatic heterocycles. The lowest BCUT2D eigenvalue weighted by atomic mass is 10.1. The maximum Gasteiger partial charge on any atom is 0.317 e. The molecule has 1 atom stereocenters. The number of nitrogens with one attached hydrogen (secondary N) is 1. The van der Waals surface area contributed by atoms with Gasteiger partial charge in [0.15, 0.2) is 0 Å². The van der Waals surface area contributed by atoms with Crippen LogP contribution in [0.3, 0.4) is 0 Å². The van der Waals surface area contributed by atoms with Gasteiger partial charge in [-0.25, -0.2) is 4.79 Å². The van der Waals surface area contributed by atoms with Gasteiger partial charge in [0, 0.05) is 31.2 Å². The predicted octanol–water partition coefficient (Wildman–Crippen LogP) is 1.66. The molecule has 4 nitrogen and oxygen atoms in total. The van der Waals surface area contributed by atoms with Crippen molar-refractivity contribution in [1.29, 1.82) is 0 Å². The summed E-state index contributed by atoms with van der Waals surface area (Å²) in [4.78, 5) is 16.7. The van der Waals surface area contributed by atoms with Gasteiger partial charge in [0.05, 0.1) is 0 Å². The van der Waals surface area contributed by atoms with Gasteiger partial charge >= 0.3 is 6.03 Å². The first-order valence-electron chi connectivity index (χ1n) is 6.77. The Labute approximate surface area is 104 Å². The molecule has 4 heteroatoms. The number of rotatable bonds is 0. The van der Waals surface area contributed by atoms with Gasteiger partial charge in [0.2, 0.25) is 0 Å². The molecule has 17 heavy (non-hydrogen) atoms. The molecule has 0 aromatic rings. The molecule has 98 valence electrons. The first-order valence-corrected chi connectivity index (χ1v) is 6.77. The summed E-state index contributed by atoms with van der Waals surface area (Å²) in [7, 11) is 0. The molecule has 1 unspecified atom stereocenters. The molecule has 2 fully saturated rings. The van der Waals surface area contributed by atoms with Gasteiger partial charge in [-0.1, -0.05) is 0 Å². The van der Waals surface area contributed by atoms with Crippen LogP contribution in [0, 0.1) is 0 Å². The summed E-state index contributed by atoms with van der Waals surface area (Å²) in [6.45, 7) is 10.3. The fourth-order valence-electron chi connectivity index (χ4n) is 2.79. The summed E-state index contributed by atoms with van der Waals surface area (Å²) >= 11 is 0. The van der Waals surface area contributed by atoms with Crippen LogP contribution in [-0.4, -0.2) is 53.6 Å². The Kier molecular flexibility index (Phi) is 3.61. The number of carbonyl (C=O) groups excluding carboxylic acids is 1. The minimum Gasteiger partial charge on any atom is -0.333 e. The van der Waals surface area contributed by atoms with E-state index in [2.05, 4.69) is 10.2 Å². The Balaban J connectivity index is 1.94. The van der Waals surface area contributed by atoms with Crippen molar-refractivity contribution in [3.05, 3.63) is 0 Å². The number of hydrogen-bond donors (Lipinski definition) is 1. The summed E-state index contributed by atoms with van der Waals surface area (Å²) < 4.78 is 0. The van der Waals surface area contributed by atoms with E-state index in [0.29, 0.717) is 6.04 Å². The van der Waals surface area contributed by atoms with Crippen molar-refractivity contribution in [2.75, 3.05) is 26.2 Å². The van der Waals surface area contributed by atoms with Crippen LogP contribution in [-0.2, 0) is 0 Å². The van der Waals surface area contributed by atoms with E-state index in [-0.39, 0.29) is 11.6 Å². The molecule has 0 aliphatic carbocycles. The van der Waals surface area contributed by atoms with Crippen molar-refractivity contribution in [3.8, 4) is 0 Å². The summed E-state index contributed by atoms with van der Waals surface area (Å²) in [5.74, 6) is 0. The molecule has 2 aliphatic rings. The highest BCUT2D eigenvalue weighted by Gasteiger charge is 2.31. The van der Waals surface area contributed by atoms with Crippen LogP contribution in [0.15, 0.2) is 0 Å². The molecule has 0 saturated carbocycles. The standard InChI is InChI=1S/C13H25N3O/c1-13(2,3)14-12(17)16-9-5-8-15-7-4-6-11(15)10-16/h11H,4-10H2,1-3H3,(H,14,17). The van der Waals surface area contributed by atoms with Crippen molar-refractivity contribution in [3.63, 3.8) is 0 Å². The van der Waals surface area contributed by atoms with Crippen molar-refractivity contribution in [2.24, 2.45) is 0 Å². The van der Waals surface area contributed by atoms with Gasteiger partial charge in [-0.3, -0.25) is 4.90 Å². The lowest BCUT2D eigenvalue weighted by Crippen LogP contribution is -2.50. The van der Waals surface area contributed by atoms with E-state index in [1.165, 1.54) is 19.4 Å². The second kappa shape index (κ2) is 4.84. The predicted molar refractivity (Wildman–Crippen MR) is 69.1 cm³/mol. The fourth-order valence-corrected chi connectivity index (χ4v) is 2.79. The zero-order valence-electron chi connectivity index (χ0n) is 11.3. The van der Waals surface area contributed by atoms with Crippen molar-refractivity contribution in [2.45, 2.75) is 51.6 Å². The van der Waals surface area contributed by atoms with E-state index in [1.54, 1.807) is 0 Å². The quantitative estimate of drug-likeness (QED) is 0.698. The fraction of sp³-hybridized carbons (Fsp3) is 0.923. The molecule has 2 heterocycles. The van der Waals surface area contributed by atoms with Gasteiger partial charge < -0.3 is 10.2 Å². The maximum absolute atomic E-state index is 12.2. The highest BCUT2D eigenvalue weighted by atomic mass is 16.2. The zero-order chi connectivity index (χ0) is 12.5. The van der Waals surface area contributed by atoms with Crippen LogP contribution >= 0.6 is 0 Å². The van der Waals surface area contributed by atoms with Gasteiger partial charge in [-0.05, 0) is 46.6 Å². The number of carbonyl (C=O) groups is 1. The van der Waals surface area contributed by atoms with E-state index in [9.17, 15) is 4.79 Å². The molecule has 0 bridgehead atoms. The van der Waals surface area contributed by atoms with Gasteiger partial charge in [0.25, 0.3) is 0 Å². The first-order chi connectivity index (χ1) is 7.96. The highest BCUT2D eigenvalue weighted by molar-refractivity contribution is 5.75. The second-order valence-corrected chi connectivity index (χ2v) is 6.31. The van der Waals surface area contributed by atoms with Crippen LogP contribution in [0.25, 0.3) is 0 Å². The summed E-state index contributed by atoms with van der Waals surface area (Å²) in [5.41, 5.74) is -0.140. The minimum atomic E-state index is -0.140. The summed E-state index contributed by atoms with van der Waals surface area (Å²) in [6, 6.07) is 0.703. The molecule has 1 N–H and O–H groups in total. The molecule has 0 aromatic carbocycles. The molecular formula is C13H25N3O. The minimum absolute atomic E-state index is 0.103. The molecule has 2 rings (SSSR count). The highest BCUT2D eigenvalue weighted by Crippen LogP contribution is 2.21.